The zero-order valence-electron chi connectivity index (χ0n) is 17.2. The van der Waals surface area contributed by atoms with E-state index in [-0.39, 0.29) is 23.1 Å². The molecule has 5 nitrogen and oxygen atoms in total. The minimum absolute atomic E-state index is 0.0436. The van der Waals surface area contributed by atoms with Crippen molar-refractivity contribution in [3.63, 3.8) is 0 Å². The average molecular weight is 464 g/mol. The Balaban J connectivity index is 2.03. The van der Waals surface area contributed by atoms with Crippen molar-refractivity contribution < 1.29 is 14.3 Å². The number of aliphatic hydroxyl groups is 1. The molecule has 2 aliphatic rings. The van der Waals surface area contributed by atoms with Gasteiger partial charge in [0, 0.05) is 34.8 Å². The van der Waals surface area contributed by atoms with Crippen LogP contribution in [0.1, 0.15) is 30.9 Å². The fourth-order valence-electron chi connectivity index (χ4n) is 5.01. The molecule has 1 saturated heterocycles. The highest BCUT2D eigenvalue weighted by atomic mass is 35.5. The Morgan fingerprint density at radius 1 is 1.32 bits per heavy atom. The minimum Gasteiger partial charge on any atom is -0.395 e. The molecule has 0 aliphatic carbocycles. The number of carbonyl (C=O) groups excluding carboxylic acids is 1. The maximum atomic E-state index is 15.3. The predicted octanol–water partition coefficient (Wildman–Crippen LogP) is 4.03. The van der Waals surface area contributed by atoms with Crippen molar-refractivity contribution in [3.8, 4) is 0 Å². The van der Waals surface area contributed by atoms with E-state index >= 15 is 4.39 Å². The Hall–Kier alpha value is -1.96. The molecular weight excluding hydrogens is 440 g/mol. The second-order valence-corrected chi connectivity index (χ2v) is 9.14. The molecule has 0 radical (unpaired) electrons. The lowest BCUT2D eigenvalue weighted by Gasteiger charge is -2.39. The Morgan fingerprint density at radius 3 is 2.74 bits per heavy atom. The van der Waals surface area contributed by atoms with E-state index in [1.54, 1.807) is 30.3 Å². The van der Waals surface area contributed by atoms with E-state index in [2.05, 4.69) is 5.32 Å². The summed E-state index contributed by atoms with van der Waals surface area (Å²) in [4.78, 5) is 15.6. The first-order chi connectivity index (χ1) is 14.7. The minimum atomic E-state index is -1.33. The number of allylic oxidation sites excluding steroid dienone is 1. The lowest BCUT2D eigenvalue weighted by atomic mass is 9.73. The molecule has 2 heterocycles. The van der Waals surface area contributed by atoms with E-state index in [0.29, 0.717) is 22.8 Å². The van der Waals surface area contributed by atoms with Gasteiger partial charge in [0.2, 0.25) is 5.91 Å². The number of nitrogens with one attached hydrogen (secondary N) is 1. The number of nitrogens with zero attached hydrogens (tertiary/aromatic N) is 1. The van der Waals surface area contributed by atoms with Crippen LogP contribution in [0, 0.1) is 5.82 Å². The number of hydrogen-bond donors (Lipinski definition) is 3. The van der Waals surface area contributed by atoms with Crippen molar-refractivity contribution in [1.82, 2.24) is 4.90 Å². The number of hydrogen-bond acceptors (Lipinski definition) is 4. The standard InChI is InChI=1S/C23H24Cl2FN3O2/c1-12(2)8-9-29-18(11-30)21(27)19(14-4-3-5-16(25)20(14)26)23(29)15-7-6-13(24)10-17(15)28-22(23)31/h3-8,10,18-19,21,30H,9,11,27H2,1-2H3,(H,28,31)/t18-,19-,21+,23+/m0/s1. The third-order valence-electron chi connectivity index (χ3n) is 6.32. The summed E-state index contributed by atoms with van der Waals surface area (Å²) in [5.74, 6) is -1.72. The molecule has 4 rings (SSSR count). The Morgan fingerprint density at radius 2 is 2.06 bits per heavy atom. The quantitative estimate of drug-likeness (QED) is 0.597. The highest BCUT2D eigenvalue weighted by Crippen LogP contribution is 2.57. The highest BCUT2D eigenvalue weighted by Gasteiger charge is 2.66. The van der Waals surface area contributed by atoms with Crippen molar-refractivity contribution in [1.29, 1.82) is 0 Å². The van der Waals surface area contributed by atoms with Crippen LogP contribution in [-0.2, 0) is 10.3 Å². The third-order valence-corrected chi connectivity index (χ3v) is 6.85. The first-order valence-electron chi connectivity index (χ1n) is 10.0. The van der Waals surface area contributed by atoms with Crippen molar-refractivity contribution in [2.75, 3.05) is 18.5 Å². The summed E-state index contributed by atoms with van der Waals surface area (Å²) >= 11 is 12.3. The van der Waals surface area contributed by atoms with Gasteiger partial charge in [0.15, 0.2) is 0 Å². The molecule has 0 saturated carbocycles. The number of aliphatic hydroxyl groups excluding tert-OH is 1. The van der Waals surface area contributed by atoms with Gasteiger partial charge in [-0.3, -0.25) is 9.69 Å². The third kappa shape index (κ3) is 3.29. The van der Waals surface area contributed by atoms with Crippen molar-refractivity contribution in [2.45, 2.75) is 37.4 Å². The number of fused-ring (bicyclic) bond motifs is 2. The molecule has 31 heavy (non-hydrogen) atoms. The molecule has 1 spiro atoms. The summed E-state index contributed by atoms with van der Waals surface area (Å²) in [6.45, 7) is 3.98. The van der Waals surface area contributed by atoms with E-state index in [4.69, 9.17) is 28.9 Å². The van der Waals surface area contributed by atoms with Crippen molar-refractivity contribution in [2.24, 2.45) is 5.73 Å². The molecule has 2 aromatic rings. The van der Waals surface area contributed by atoms with E-state index in [1.165, 1.54) is 6.07 Å². The molecule has 2 aliphatic heterocycles. The van der Waals surface area contributed by atoms with Gasteiger partial charge >= 0.3 is 0 Å². The number of carbonyl (C=O) groups is 1. The Bertz CT molecular complexity index is 1070. The van der Waals surface area contributed by atoms with Gasteiger partial charge in [-0.2, -0.15) is 0 Å². The smallest absolute Gasteiger partial charge is 0.250 e. The summed E-state index contributed by atoms with van der Waals surface area (Å²) in [6.07, 6.45) is 1.97. The summed E-state index contributed by atoms with van der Waals surface area (Å²) in [5, 5.41) is 13.6. The maximum Gasteiger partial charge on any atom is 0.250 e. The van der Waals surface area contributed by atoms with Crippen molar-refractivity contribution >= 4 is 34.8 Å². The zero-order valence-corrected chi connectivity index (χ0v) is 18.7. The predicted molar refractivity (Wildman–Crippen MR) is 121 cm³/mol. The van der Waals surface area contributed by atoms with Crippen LogP contribution in [0.3, 0.4) is 0 Å². The van der Waals surface area contributed by atoms with Crippen LogP contribution in [0.5, 0.6) is 0 Å². The lowest BCUT2D eigenvalue weighted by molar-refractivity contribution is -0.127. The van der Waals surface area contributed by atoms with Gasteiger partial charge in [-0.1, -0.05) is 53.1 Å². The number of anilines is 1. The Labute approximate surface area is 190 Å². The summed E-state index contributed by atoms with van der Waals surface area (Å²) in [7, 11) is 0. The Kier molecular flexibility index (Phi) is 5.87. The number of halogens is 3. The first-order valence-corrected chi connectivity index (χ1v) is 10.8. The summed E-state index contributed by atoms with van der Waals surface area (Å²) in [5.41, 5.74) is 7.82. The van der Waals surface area contributed by atoms with Crippen LogP contribution < -0.4 is 11.1 Å². The average Bonchev–Trinajstić information content (AvgIpc) is 3.13. The van der Waals surface area contributed by atoms with Crippen LogP contribution in [0.15, 0.2) is 48.0 Å². The molecule has 164 valence electrons. The van der Waals surface area contributed by atoms with Gasteiger partial charge in [0.05, 0.1) is 17.7 Å². The van der Waals surface area contributed by atoms with Gasteiger partial charge in [-0.15, -0.1) is 0 Å². The second-order valence-electron chi connectivity index (χ2n) is 8.29. The van der Waals surface area contributed by atoms with Crippen LogP contribution in [0.4, 0.5) is 10.1 Å². The van der Waals surface area contributed by atoms with E-state index in [0.717, 1.165) is 5.57 Å². The maximum absolute atomic E-state index is 15.3. The number of benzene rings is 2. The fraction of sp³-hybridized carbons (Fsp3) is 0.348. The normalized spacial score (nSPS) is 27.5. The van der Waals surface area contributed by atoms with Crippen LogP contribution >= 0.6 is 23.2 Å². The number of amides is 1. The molecule has 1 fully saturated rings. The van der Waals surface area contributed by atoms with Crippen LogP contribution in [-0.4, -0.2) is 41.1 Å². The molecule has 0 aromatic heterocycles. The molecule has 4 N–H and O–H groups in total. The number of nitrogens with two attached hydrogens (primary N) is 1. The number of rotatable bonds is 4. The lowest BCUT2D eigenvalue weighted by Crippen LogP contribution is -2.52. The SMILES string of the molecule is CC(C)=CCN1[C@@H](CO)[C@@H](N)[C@H](c2cccc(Cl)c2F)[C@]12C(=O)Nc1cc(Cl)ccc12. The van der Waals surface area contributed by atoms with Gasteiger partial charge in [0.25, 0.3) is 0 Å². The van der Waals surface area contributed by atoms with Crippen molar-refractivity contribution in [3.05, 3.63) is 75.0 Å². The van der Waals surface area contributed by atoms with E-state index < -0.39 is 29.4 Å². The first kappa shape index (κ1) is 22.2. The van der Waals surface area contributed by atoms with Crippen LogP contribution in [0.2, 0.25) is 10.0 Å². The second kappa shape index (κ2) is 8.19. The molecule has 2 aromatic carbocycles. The van der Waals surface area contributed by atoms with Gasteiger partial charge in [-0.25, -0.2) is 4.39 Å². The van der Waals surface area contributed by atoms with E-state index in [1.807, 2.05) is 24.8 Å². The zero-order chi connectivity index (χ0) is 22.5. The molecular formula is C23H24Cl2FN3O2. The van der Waals surface area contributed by atoms with Crippen LogP contribution in [0.25, 0.3) is 0 Å². The molecule has 8 heteroatoms. The number of likely N-dealkylation sites (tertiary alicyclic amines) is 1. The van der Waals surface area contributed by atoms with Gasteiger partial charge in [-0.05, 0) is 37.6 Å². The molecule has 0 unspecified atom stereocenters. The highest BCUT2D eigenvalue weighted by molar-refractivity contribution is 6.31. The fourth-order valence-corrected chi connectivity index (χ4v) is 5.36. The largest absolute Gasteiger partial charge is 0.395 e. The molecule has 0 bridgehead atoms. The summed E-state index contributed by atoms with van der Waals surface area (Å²) in [6, 6.07) is 8.54. The molecule has 4 atom stereocenters. The van der Waals surface area contributed by atoms with Gasteiger partial charge < -0.3 is 16.2 Å². The van der Waals surface area contributed by atoms with Gasteiger partial charge in [0.1, 0.15) is 11.4 Å². The monoisotopic (exact) mass is 463 g/mol. The topological polar surface area (TPSA) is 78.6 Å². The van der Waals surface area contributed by atoms with E-state index in [9.17, 15) is 9.90 Å². The summed E-state index contributed by atoms with van der Waals surface area (Å²) < 4.78 is 15.3. The molecule has 1 amide bonds.